The van der Waals surface area contributed by atoms with Crippen molar-refractivity contribution in [1.82, 2.24) is 4.90 Å². The van der Waals surface area contributed by atoms with Crippen molar-refractivity contribution in [3.63, 3.8) is 0 Å². The van der Waals surface area contributed by atoms with Crippen molar-refractivity contribution in [2.24, 2.45) is 0 Å². The molecule has 0 saturated carbocycles. The Bertz CT molecular complexity index is 931. The second kappa shape index (κ2) is 9.01. The van der Waals surface area contributed by atoms with E-state index in [2.05, 4.69) is 18.1 Å². The number of benzene rings is 2. The fourth-order valence-corrected chi connectivity index (χ4v) is 2.99. The van der Waals surface area contributed by atoms with Gasteiger partial charge in [0.25, 0.3) is 0 Å². The fourth-order valence-electron chi connectivity index (χ4n) is 2.99. The molecular weight excluding hydrogens is 338 g/mol. The Morgan fingerprint density at radius 1 is 1.00 bits per heavy atom. The molecule has 0 saturated heterocycles. The molecule has 0 amide bonds. The molecule has 1 heterocycles. The molecule has 0 aliphatic heterocycles. The van der Waals surface area contributed by atoms with Crippen LogP contribution in [0.3, 0.4) is 0 Å². The van der Waals surface area contributed by atoms with Gasteiger partial charge in [0.2, 0.25) is 5.78 Å². The number of carbonyl (C=O) groups excluding carboxylic acids is 1. The number of para-hydroxylation sites is 2. The normalized spacial score (nSPS) is 10.9. The van der Waals surface area contributed by atoms with Crippen LogP contribution in [-0.4, -0.2) is 36.9 Å². The highest BCUT2D eigenvalue weighted by Gasteiger charge is 2.19. The zero-order valence-electron chi connectivity index (χ0n) is 15.3. The molecule has 3 aromatic rings. The van der Waals surface area contributed by atoms with E-state index < -0.39 is 0 Å². The first kappa shape index (κ1) is 18.7. The number of hydrogen-bond donors (Lipinski definition) is 0. The zero-order valence-corrected chi connectivity index (χ0v) is 15.3. The second-order valence-corrected chi connectivity index (χ2v) is 6.16. The lowest BCUT2D eigenvalue weighted by molar-refractivity contribution is 0.103. The van der Waals surface area contributed by atoms with Crippen LogP contribution in [0.25, 0.3) is 11.0 Å². The van der Waals surface area contributed by atoms with Gasteiger partial charge >= 0.3 is 0 Å². The summed E-state index contributed by atoms with van der Waals surface area (Å²) in [5.41, 5.74) is 1.77. The van der Waals surface area contributed by atoms with Crippen LogP contribution in [0.1, 0.15) is 15.9 Å². The molecule has 0 aliphatic rings. The van der Waals surface area contributed by atoms with Gasteiger partial charge in [-0.2, -0.15) is 0 Å². The van der Waals surface area contributed by atoms with E-state index in [1.165, 1.54) is 6.26 Å². The summed E-state index contributed by atoms with van der Waals surface area (Å²) in [6.07, 6.45) is 5.22. The minimum absolute atomic E-state index is 0.107. The van der Waals surface area contributed by atoms with Crippen molar-refractivity contribution < 1.29 is 13.9 Å². The number of ether oxygens (including phenoxy) is 1. The first-order chi connectivity index (χ1) is 13.2. The van der Waals surface area contributed by atoms with Gasteiger partial charge in [-0.05, 0) is 18.2 Å². The summed E-state index contributed by atoms with van der Waals surface area (Å²) < 4.78 is 11.4. The Labute approximate surface area is 159 Å². The smallest absolute Gasteiger partial charge is 0.200 e. The second-order valence-electron chi connectivity index (χ2n) is 6.16. The van der Waals surface area contributed by atoms with Gasteiger partial charge in [0.1, 0.15) is 24.2 Å². The molecule has 4 nitrogen and oxygen atoms in total. The molecule has 0 N–H and O–H groups in total. The van der Waals surface area contributed by atoms with Crippen molar-refractivity contribution in [3.05, 3.63) is 91.2 Å². The number of furan rings is 1. The van der Waals surface area contributed by atoms with E-state index in [1.54, 1.807) is 6.07 Å². The van der Waals surface area contributed by atoms with Gasteiger partial charge in [-0.3, -0.25) is 9.69 Å². The molecule has 0 unspecified atom stereocenters. The number of hydrogen-bond acceptors (Lipinski definition) is 4. The van der Waals surface area contributed by atoms with Gasteiger partial charge in [0, 0.05) is 25.0 Å². The number of ketones is 1. The van der Waals surface area contributed by atoms with Crippen molar-refractivity contribution in [3.8, 4) is 5.75 Å². The maximum Gasteiger partial charge on any atom is 0.200 e. The van der Waals surface area contributed by atoms with Gasteiger partial charge in [0.15, 0.2) is 0 Å². The van der Waals surface area contributed by atoms with E-state index in [4.69, 9.17) is 9.15 Å². The van der Waals surface area contributed by atoms with Crippen LogP contribution < -0.4 is 4.74 Å². The third-order valence-electron chi connectivity index (χ3n) is 4.30. The Balaban J connectivity index is 1.76. The van der Waals surface area contributed by atoms with E-state index in [-0.39, 0.29) is 5.78 Å². The highest BCUT2D eigenvalue weighted by Crippen LogP contribution is 2.27. The maximum atomic E-state index is 13.1. The summed E-state index contributed by atoms with van der Waals surface area (Å²) in [5.74, 6) is 0.467. The van der Waals surface area contributed by atoms with Gasteiger partial charge < -0.3 is 9.15 Å². The van der Waals surface area contributed by atoms with E-state index in [0.717, 1.165) is 25.0 Å². The monoisotopic (exact) mass is 361 g/mol. The van der Waals surface area contributed by atoms with Gasteiger partial charge in [-0.25, -0.2) is 0 Å². The lowest BCUT2D eigenvalue weighted by atomic mass is 10.0. The average molecular weight is 361 g/mol. The average Bonchev–Trinajstić information content (AvgIpc) is 3.12. The maximum absolute atomic E-state index is 13.1. The third-order valence-corrected chi connectivity index (χ3v) is 4.30. The van der Waals surface area contributed by atoms with Crippen LogP contribution in [0.2, 0.25) is 0 Å². The highest BCUT2D eigenvalue weighted by molar-refractivity contribution is 6.17. The first-order valence-corrected chi connectivity index (χ1v) is 8.91. The molecule has 3 rings (SSSR count). The van der Waals surface area contributed by atoms with Crippen molar-refractivity contribution in [1.29, 1.82) is 0 Å². The summed E-state index contributed by atoms with van der Waals surface area (Å²) in [7, 11) is 0. The van der Waals surface area contributed by atoms with Crippen molar-refractivity contribution >= 4 is 16.8 Å². The van der Waals surface area contributed by atoms with E-state index >= 15 is 0 Å². The number of rotatable bonds is 10. The van der Waals surface area contributed by atoms with Crippen LogP contribution in [0, 0.1) is 0 Å². The minimum Gasteiger partial charge on any atom is -0.491 e. The quantitative estimate of drug-likeness (QED) is 0.387. The molecule has 0 atom stereocenters. The van der Waals surface area contributed by atoms with Crippen molar-refractivity contribution in [2.45, 2.75) is 0 Å². The summed E-state index contributed by atoms with van der Waals surface area (Å²) >= 11 is 0. The highest BCUT2D eigenvalue weighted by atomic mass is 16.5. The molecule has 1 aromatic heterocycles. The summed E-state index contributed by atoms with van der Waals surface area (Å²) in [5, 5.41) is 0.806. The fraction of sp³-hybridized carbons (Fsp3) is 0.174. The Hall–Kier alpha value is -3.11. The zero-order chi connectivity index (χ0) is 19.1. The van der Waals surface area contributed by atoms with Crippen LogP contribution in [0.4, 0.5) is 0 Å². The molecule has 138 valence electrons. The van der Waals surface area contributed by atoms with Crippen molar-refractivity contribution in [2.75, 3.05) is 26.2 Å². The topological polar surface area (TPSA) is 42.7 Å². The molecule has 0 radical (unpaired) electrons. The van der Waals surface area contributed by atoms with E-state index in [9.17, 15) is 4.79 Å². The molecule has 27 heavy (non-hydrogen) atoms. The van der Waals surface area contributed by atoms with Crippen LogP contribution in [0.5, 0.6) is 5.75 Å². The first-order valence-electron chi connectivity index (χ1n) is 8.91. The molecule has 0 bridgehead atoms. The molecular formula is C23H23NO3. The Kier molecular flexibility index (Phi) is 6.23. The van der Waals surface area contributed by atoms with Gasteiger partial charge in [0.05, 0.1) is 11.1 Å². The Morgan fingerprint density at radius 2 is 1.70 bits per heavy atom. The van der Waals surface area contributed by atoms with Gasteiger partial charge in [-0.1, -0.05) is 42.5 Å². The third kappa shape index (κ3) is 4.36. The molecule has 0 aliphatic carbocycles. The van der Waals surface area contributed by atoms with Crippen LogP contribution in [0.15, 0.2) is 84.5 Å². The number of fused-ring (bicyclic) bond motifs is 1. The van der Waals surface area contributed by atoms with Crippen LogP contribution in [-0.2, 0) is 0 Å². The van der Waals surface area contributed by atoms with E-state index in [1.807, 2.05) is 54.6 Å². The number of nitrogens with zero attached hydrogens (tertiary/aromatic N) is 1. The molecule has 4 heteroatoms. The summed E-state index contributed by atoms with van der Waals surface area (Å²) in [6, 6.07) is 14.8. The predicted octanol–water partition coefficient (Wildman–Crippen LogP) is 4.72. The SMILES string of the molecule is C=CCN(CC=C)CCOc1ccccc1C(=O)c1coc2ccccc12. The Morgan fingerprint density at radius 3 is 2.48 bits per heavy atom. The minimum atomic E-state index is -0.107. The lowest BCUT2D eigenvalue weighted by Gasteiger charge is -2.19. The molecule has 0 fully saturated rings. The largest absolute Gasteiger partial charge is 0.491 e. The standard InChI is InChI=1S/C23H23NO3/c1-3-13-24(14-4-2)15-16-26-22-12-8-6-10-19(22)23(25)20-17-27-21-11-7-5-9-18(20)21/h3-12,17H,1-2,13-16H2. The molecule has 0 spiro atoms. The van der Waals surface area contributed by atoms with Crippen LogP contribution >= 0.6 is 0 Å². The van der Waals surface area contributed by atoms with Gasteiger partial charge in [-0.15, -0.1) is 13.2 Å². The molecule has 2 aromatic carbocycles. The number of carbonyl (C=O) groups is 1. The van der Waals surface area contributed by atoms with E-state index in [0.29, 0.717) is 29.1 Å². The lowest BCUT2D eigenvalue weighted by Crippen LogP contribution is -2.29. The summed E-state index contributed by atoms with van der Waals surface area (Å²) in [4.78, 5) is 15.2. The predicted molar refractivity (Wildman–Crippen MR) is 108 cm³/mol. The summed E-state index contributed by atoms with van der Waals surface area (Å²) in [6.45, 7) is 10.2.